The highest BCUT2D eigenvalue weighted by Crippen LogP contribution is 2.26. The largest absolute Gasteiger partial charge is 0.379 e. The van der Waals surface area contributed by atoms with E-state index in [0.717, 1.165) is 17.2 Å². The SMILES string of the molecule is Cc1cccc(NC(=O)Nc2cccc(OS(=O)(=O)c3cccc(S(=O)(=O)Oc4cccc(NC(=O)Nc5cccc(C)c5)c4)c3)c2)c1. The van der Waals surface area contributed by atoms with Crippen LogP contribution in [-0.4, -0.2) is 28.9 Å². The molecule has 0 atom stereocenters. The first kappa shape index (κ1) is 33.5. The molecule has 0 bridgehead atoms. The maximum absolute atomic E-state index is 13.1. The number of carbonyl (C=O) groups is 2. The van der Waals surface area contributed by atoms with Gasteiger partial charge in [0, 0.05) is 34.9 Å². The van der Waals surface area contributed by atoms with Gasteiger partial charge in [0.15, 0.2) is 0 Å². The number of carbonyl (C=O) groups excluding carboxylic acids is 2. The van der Waals surface area contributed by atoms with E-state index >= 15 is 0 Å². The Balaban J connectivity index is 1.24. The maximum atomic E-state index is 13.1. The number of rotatable bonds is 10. The van der Waals surface area contributed by atoms with Crippen LogP contribution in [0.1, 0.15) is 11.1 Å². The minimum absolute atomic E-state index is 0.122. The van der Waals surface area contributed by atoms with Gasteiger partial charge in [0.2, 0.25) is 0 Å². The van der Waals surface area contributed by atoms with Crippen molar-refractivity contribution >= 4 is 55.0 Å². The Morgan fingerprint density at radius 3 is 1.17 bits per heavy atom. The Labute approximate surface area is 278 Å². The van der Waals surface area contributed by atoms with Crippen molar-refractivity contribution in [2.24, 2.45) is 0 Å². The van der Waals surface area contributed by atoms with Crippen molar-refractivity contribution in [2.75, 3.05) is 21.3 Å². The average molecular weight is 687 g/mol. The first-order valence-corrected chi connectivity index (χ1v) is 17.1. The van der Waals surface area contributed by atoms with Gasteiger partial charge in [-0.05, 0) is 91.7 Å². The fraction of sp³-hybridized carbons (Fsp3) is 0.0588. The molecule has 0 saturated carbocycles. The van der Waals surface area contributed by atoms with Crippen molar-refractivity contribution in [1.82, 2.24) is 0 Å². The van der Waals surface area contributed by atoms with Crippen LogP contribution >= 0.6 is 0 Å². The summed E-state index contributed by atoms with van der Waals surface area (Å²) in [5.74, 6) is -0.243. The molecule has 0 aliphatic rings. The molecule has 4 amide bonds. The molecule has 246 valence electrons. The van der Waals surface area contributed by atoms with E-state index in [1.165, 1.54) is 54.6 Å². The average Bonchev–Trinajstić information content (AvgIpc) is 3.01. The summed E-state index contributed by atoms with van der Waals surface area (Å²) in [5.41, 5.74) is 3.57. The summed E-state index contributed by atoms with van der Waals surface area (Å²) in [4.78, 5) is 24.0. The Kier molecular flexibility index (Phi) is 9.96. The third kappa shape index (κ3) is 9.11. The standard InChI is InChI=1S/C34H30N4O8S2/c1-23-8-3-10-25(18-23)35-33(39)37-27-12-5-14-29(20-27)45-47(41,42)31-16-7-17-32(22-31)48(43,44)46-30-15-6-13-28(21-30)38-34(40)36-26-11-4-9-24(2)19-26/h3-22H,1-2H3,(H2,35,37,39)(H2,36,38,40). The predicted molar refractivity (Wildman–Crippen MR) is 183 cm³/mol. The Hall–Kier alpha value is -5.86. The van der Waals surface area contributed by atoms with Crippen LogP contribution in [0, 0.1) is 13.8 Å². The van der Waals surface area contributed by atoms with Gasteiger partial charge in [-0.2, -0.15) is 16.8 Å². The molecule has 5 rings (SSSR count). The summed E-state index contributed by atoms with van der Waals surface area (Å²) in [5, 5.41) is 10.6. The molecule has 48 heavy (non-hydrogen) atoms. The van der Waals surface area contributed by atoms with Gasteiger partial charge < -0.3 is 29.6 Å². The number of anilines is 4. The minimum atomic E-state index is -4.52. The van der Waals surface area contributed by atoms with E-state index in [9.17, 15) is 26.4 Å². The van der Waals surface area contributed by atoms with E-state index in [4.69, 9.17) is 8.37 Å². The fourth-order valence-corrected chi connectivity index (χ4v) is 6.43. The zero-order valence-corrected chi connectivity index (χ0v) is 27.3. The first-order chi connectivity index (χ1) is 22.8. The quantitative estimate of drug-likeness (QED) is 0.113. The van der Waals surface area contributed by atoms with Crippen LogP contribution < -0.4 is 29.6 Å². The molecule has 0 unspecified atom stereocenters. The van der Waals surface area contributed by atoms with Crippen LogP contribution in [0.3, 0.4) is 0 Å². The summed E-state index contributed by atoms with van der Waals surface area (Å²) >= 11 is 0. The molecule has 0 radical (unpaired) electrons. The second-order valence-electron chi connectivity index (χ2n) is 10.5. The molecule has 12 nitrogen and oxygen atoms in total. The molecule has 0 fully saturated rings. The van der Waals surface area contributed by atoms with E-state index < -0.39 is 42.1 Å². The molecule has 14 heteroatoms. The molecule has 0 heterocycles. The van der Waals surface area contributed by atoms with E-state index in [1.54, 1.807) is 48.5 Å². The van der Waals surface area contributed by atoms with E-state index in [0.29, 0.717) is 11.4 Å². The lowest BCUT2D eigenvalue weighted by Crippen LogP contribution is -2.19. The van der Waals surface area contributed by atoms with E-state index in [-0.39, 0.29) is 22.9 Å². The molecular formula is C34H30N4O8S2. The van der Waals surface area contributed by atoms with Crippen molar-refractivity contribution < 1.29 is 34.8 Å². The van der Waals surface area contributed by atoms with Gasteiger partial charge in [0.05, 0.1) is 0 Å². The van der Waals surface area contributed by atoms with Crippen molar-refractivity contribution in [1.29, 1.82) is 0 Å². The molecule has 4 N–H and O–H groups in total. The van der Waals surface area contributed by atoms with Crippen molar-refractivity contribution in [3.8, 4) is 11.5 Å². The van der Waals surface area contributed by atoms with Crippen LogP contribution in [-0.2, 0) is 20.2 Å². The molecule has 0 aliphatic carbocycles. The smallest absolute Gasteiger partial charge is 0.339 e. The van der Waals surface area contributed by atoms with Crippen LogP contribution in [0.15, 0.2) is 131 Å². The molecular weight excluding hydrogens is 657 g/mol. The number of urea groups is 2. The van der Waals surface area contributed by atoms with E-state index in [2.05, 4.69) is 21.3 Å². The van der Waals surface area contributed by atoms with Gasteiger partial charge in [-0.1, -0.05) is 42.5 Å². The second kappa shape index (κ2) is 14.3. The molecule has 5 aromatic rings. The second-order valence-corrected chi connectivity index (χ2v) is 13.6. The van der Waals surface area contributed by atoms with Gasteiger partial charge >= 0.3 is 32.3 Å². The van der Waals surface area contributed by atoms with Gasteiger partial charge in [-0.25, -0.2) is 9.59 Å². The van der Waals surface area contributed by atoms with Crippen molar-refractivity contribution in [3.63, 3.8) is 0 Å². The van der Waals surface area contributed by atoms with Crippen LogP contribution in [0.4, 0.5) is 32.3 Å². The fourth-order valence-electron chi connectivity index (χ4n) is 4.42. The predicted octanol–water partition coefficient (Wildman–Crippen LogP) is 7.13. The highest BCUT2D eigenvalue weighted by molar-refractivity contribution is 7.88. The maximum Gasteiger partial charge on any atom is 0.339 e. The molecule has 0 spiro atoms. The third-order valence-electron chi connectivity index (χ3n) is 6.53. The number of benzene rings is 5. The van der Waals surface area contributed by atoms with Gasteiger partial charge in [0.1, 0.15) is 21.3 Å². The number of amides is 4. The van der Waals surface area contributed by atoms with Crippen LogP contribution in [0.5, 0.6) is 11.5 Å². The van der Waals surface area contributed by atoms with Crippen LogP contribution in [0.2, 0.25) is 0 Å². The number of hydrogen-bond acceptors (Lipinski definition) is 8. The van der Waals surface area contributed by atoms with Gasteiger partial charge in [-0.15, -0.1) is 0 Å². The number of nitrogens with one attached hydrogen (secondary N) is 4. The highest BCUT2D eigenvalue weighted by atomic mass is 32.2. The summed E-state index contributed by atoms with van der Waals surface area (Å²) in [6.45, 7) is 3.77. The van der Waals surface area contributed by atoms with E-state index in [1.807, 2.05) is 26.0 Å². The van der Waals surface area contributed by atoms with Crippen molar-refractivity contribution in [2.45, 2.75) is 23.6 Å². The molecule has 0 saturated heterocycles. The Morgan fingerprint density at radius 1 is 0.458 bits per heavy atom. The number of hydrogen-bond donors (Lipinski definition) is 4. The zero-order chi connectivity index (χ0) is 34.3. The summed E-state index contributed by atoms with van der Waals surface area (Å²) in [6.07, 6.45) is 0. The Morgan fingerprint density at radius 2 is 0.792 bits per heavy atom. The number of aryl methyl sites for hydroxylation is 2. The zero-order valence-electron chi connectivity index (χ0n) is 25.6. The first-order valence-electron chi connectivity index (χ1n) is 14.3. The lowest BCUT2D eigenvalue weighted by molar-refractivity contribution is 0.261. The minimum Gasteiger partial charge on any atom is -0.379 e. The molecule has 0 aliphatic heterocycles. The summed E-state index contributed by atoms with van der Waals surface area (Å²) in [7, 11) is -9.04. The van der Waals surface area contributed by atoms with Crippen molar-refractivity contribution in [3.05, 3.63) is 132 Å². The lowest BCUT2D eigenvalue weighted by atomic mass is 10.2. The lowest BCUT2D eigenvalue weighted by Gasteiger charge is -2.12. The van der Waals surface area contributed by atoms with Crippen LogP contribution in [0.25, 0.3) is 0 Å². The van der Waals surface area contributed by atoms with Gasteiger partial charge in [0.25, 0.3) is 0 Å². The van der Waals surface area contributed by atoms with Gasteiger partial charge in [-0.3, -0.25) is 0 Å². The topological polar surface area (TPSA) is 169 Å². The highest BCUT2D eigenvalue weighted by Gasteiger charge is 2.23. The normalized spacial score (nSPS) is 11.2. The summed E-state index contributed by atoms with van der Waals surface area (Å²) < 4.78 is 63.1. The third-order valence-corrected chi connectivity index (χ3v) is 9.02. The Bertz CT molecular complexity index is 2050. The molecule has 5 aromatic carbocycles. The molecule has 0 aromatic heterocycles. The monoisotopic (exact) mass is 686 g/mol. The summed E-state index contributed by atoms with van der Waals surface area (Å²) in [6, 6.07) is 29.1.